The van der Waals surface area contributed by atoms with Gasteiger partial charge in [-0.05, 0) is 70.1 Å². The molecular weight excluding hydrogens is 673 g/mol. The molecule has 0 radical (unpaired) electrons. The highest BCUT2D eigenvalue weighted by Crippen LogP contribution is 2.39. The van der Waals surface area contributed by atoms with Gasteiger partial charge in [-0.15, -0.1) is 33.9 Å². The Hall–Kier alpha value is -4.54. The summed E-state index contributed by atoms with van der Waals surface area (Å²) in [6.45, 7) is 6.71. The Morgan fingerprint density at radius 2 is 1.81 bits per heavy atom. The summed E-state index contributed by atoms with van der Waals surface area (Å²) in [5.74, 6) is 5.38. The van der Waals surface area contributed by atoms with Gasteiger partial charge in [0.15, 0.2) is 5.82 Å². The molecule has 2 aromatic heterocycles. The maximum absolute atomic E-state index is 13.2. The molecule has 0 aliphatic carbocycles. The number of nitrogens with one attached hydrogen (secondary N) is 3. The molecule has 11 nitrogen and oxygen atoms in total. The van der Waals surface area contributed by atoms with Crippen LogP contribution in [0.25, 0.3) is 5.00 Å². The van der Waals surface area contributed by atoms with Crippen molar-refractivity contribution in [2.45, 2.75) is 46.1 Å². The van der Waals surface area contributed by atoms with Crippen LogP contribution in [0.1, 0.15) is 74.4 Å². The van der Waals surface area contributed by atoms with Gasteiger partial charge in [-0.3, -0.25) is 19.1 Å². The number of carbonyl (C=O) groups excluding carboxylic acids is 2. The van der Waals surface area contributed by atoms with Crippen LogP contribution in [0.3, 0.4) is 0 Å². The number of nitrogens with zero attached hydrogens (tertiary/aromatic N) is 4. The summed E-state index contributed by atoms with van der Waals surface area (Å²) in [4.78, 5) is 43.7. The largest absolute Gasteiger partial charge is 0.478 e. The van der Waals surface area contributed by atoms with Crippen molar-refractivity contribution < 1.29 is 19.5 Å². The molecule has 250 valence electrons. The van der Waals surface area contributed by atoms with Crippen LogP contribution >= 0.6 is 35.3 Å². The quantitative estimate of drug-likeness (QED) is 0.127. The number of anilines is 1. The summed E-state index contributed by atoms with van der Waals surface area (Å²) in [7, 11) is 1.74. The van der Waals surface area contributed by atoms with Crippen molar-refractivity contribution in [3.8, 4) is 16.8 Å². The van der Waals surface area contributed by atoms with Crippen molar-refractivity contribution in [3.05, 3.63) is 91.8 Å². The van der Waals surface area contributed by atoms with Crippen LogP contribution in [0.5, 0.6) is 0 Å². The zero-order valence-corrected chi connectivity index (χ0v) is 29.2. The molecule has 0 saturated heterocycles. The fraction of sp³-hybridized carbons (Fsp3) is 0.294. The number of carboxylic acid groups (broad SMARTS) is 1. The molecule has 0 saturated carbocycles. The number of aliphatic imine (C=N–C) groups is 1. The van der Waals surface area contributed by atoms with Gasteiger partial charge in [0.25, 0.3) is 0 Å². The Balaban J connectivity index is 0.00000520. The summed E-state index contributed by atoms with van der Waals surface area (Å²) in [6.07, 6.45) is 0.590. The lowest BCUT2D eigenvalue weighted by Gasteiger charge is -2.13. The molecule has 1 atom stereocenters. The third-order valence-electron chi connectivity index (χ3n) is 7.66. The summed E-state index contributed by atoms with van der Waals surface area (Å²) in [5.41, 5.74) is 4.56. The van der Waals surface area contributed by atoms with Crippen molar-refractivity contribution in [3.63, 3.8) is 0 Å². The second kappa shape index (κ2) is 16.0. The number of carboxylic acids is 1. The standard InChI is InChI=1S/C34H34ClN7O4S.ClH/c1-19-20(2)47-33-30(19)31(22-9-11-24(35)12-10-22)39-27(32-41-40-21(3)42(32)33)18-29(44)37-16-6-8-28(43)38-25-13-14-26(34(45)46)23(17-25)7-5-15-36-4;/h9-14,17,27,36H,6,8,15-16,18H2,1-4H3,(H,37,44)(H,38,43)(H,45,46);1H/t27-;/m0./s1. The Labute approximate surface area is 293 Å². The smallest absolute Gasteiger partial charge is 0.336 e. The minimum Gasteiger partial charge on any atom is -0.478 e. The third-order valence-corrected chi connectivity index (χ3v) is 9.11. The van der Waals surface area contributed by atoms with Gasteiger partial charge >= 0.3 is 5.97 Å². The van der Waals surface area contributed by atoms with E-state index >= 15 is 0 Å². The highest BCUT2D eigenvalue weighted by atomic mass is 35.5. The zero-order chi connectivity index (χ0) is 33.7. The van der Waals surface area contributed by atoms with Gasteiger partial charge in [-0.25, -0.2) is 4.79 Å². The van der Waals surface area contributed by atoms with E-state index in [-0.39, 0.29) is 49.2 Å². The van der Waals surface area contributed by atoms with Crippen LogP contribution in [0, 0.1) is 32.6 Å². The number of fused-ring (bicyclic) bond motifs is 3. The SMILES string of the molecule is CNCC#Cc1cc(NC(=O)CCCNC(=O)C[C@@H]2N=C(c3ccc(Cl)cc3)c3c(sc(C)c3C)-n3c(C)nnc32)ccc1C(=O)O.Cl. The Bertz CT molecular complexity index is 1940. The van der Waals surface area contributed by atoms with E-state index in [2.05, 4.69) is 51.8 Å². The number of aromatic carboxylic acids is 1. The predicted octanol–water partition coefficient (Wildman–Crippen LogP) is 5.42. The number of benzene rings is 2. The van der Waals surface area contributed by atoms with Gasteiger partial charge in [0.05, 0.1) is 24.2 Å². The molecule has 1 aliphatic heterocycles. The summed E-state index contributed by atoms with van der Waals surface area (Å²) in [6, 6.07) is 11.4. The van der Waals surface area contributed by atoms with Gasteiger partial charge in [0.2, 0.25) is 11.8 Å². The number of aryl methyl sites for hydroxylation is 2. The lowest BCUT2D eigenvalue weighted by Crippen LogP contribution is -2.27. The summed E-state index contributed by atoms with van der Waals surface area (Å²) in [5, 5.41) is 28.4. The van der Waals surface area contributed by atoms with Gasteiger partial charge < -0.3 is 21.1 Å². The molecule has 3 heterocycles. The van der Waals surface area contributed by atoms with E-state index in [1.807, 2.05) is 35.8 Å². The average Bonchev–Trinajstić information content (AvgIpc) is 3.51. The van der Waals surface area contributed by atoms with Gasteiger partial charge in [0, 0.05) is 45.2 Å². The molecule has 5 rings (SSSR count). The van der Waals surface area contributed by atoms with Crippen molar-refractivity contribution in [1.29, 1.82) is 0 Å². The van der Waals surface area contributed by atoms with Crippen LogP contribution in [0.2, 0.25) is 5.02 Å². The fourth-order valence-corrected chi connectivity index (χ4v) is 6.56. The van der Waals surface area contributed by atoms with E-state index in [0.29, 0.717) is 40.9 Å². The Morgan fingerprint density at radius 3 is 2.52 bits per heavy atom. The van der Waals surface area contributed by atoms with Crippen LogP contribution in [-0.4, -0.2) is 63.5 Å². The van der Waals surface area contributed by atoms with Gasteiger partial charge in [0.1, 0.15) is 16.9 Å². The third kappa shape index (κ3) is 8.11. The maximum Gasteiger partial charge on any atom is 0.336 e. The first-order chi connectivity index (χ1) is 22.6. The van der Waals surface area contributed by atoms with Crippen molar-refractivity contribution >= 4 is 64.5 Å². The fourth-order valence-electron chi connectivity index (χ4n) is 5.22. The number of halogens is 2. The molecule has 0 bridgehead atoms. The summed E-state index contributed by atoms with van der Waals surface area (Å²) < 4.78 is 2.00. The van der Waals surface area contributed by atoms with E-state index in [1.165, 1.54) is 12.1 Å². The van der Waals surface area contributed by atoms with Crippen LogP contribution in [-0.2, 0) is 9.59 Å². The highest BCUT2D eigenvalue weighted by Gasteiger charge is 2.32. The van der Waals surface area contributed by atoms with Gasteiger partial charge in [-0.1, -0.05) is 35.6 Å². The zero-order valence-electron chi connectivity index (χ0n) is 26.8. The molecule has 2 aromatic carbocycles. The molecule has 0 unspecified atom stereocenters. The first kappa shape index (κ1) is 36.3. The van der Waals surface area contributed by atoms with E-state index < -0.39 is 12.0 Å². The number of amides is 2. The molecule has 0 spiro atoms. The molecule has 2 amide bonds. The number of hydrogen-bond donors (Lipinski definition) is 4. The Kier molecular flexibility index (Phi) is 12.1. The molecule has 0 fully saturated rings. The van der Waals surface area contributed by atoms with Crippen LogP contribution in [0.4, 0.5) is 5.69 Å². The highest BCUT2D eigenvalue weighted by molar-refractivity contribution is 7.15. The van der Waals surface area contributed by atoms with Crippen LogP contribution in [0.15, 0.2) is 47.5 Å². The van der Waals surface area contributed by atoms with E-state index in [4.69, 9.17) is 16.6 Å². The monoisotopic (exact) mass is 707 g/mol. The second-order valence-corrected chi connectivity index (χ2v) is 12.6. The molecule has 48 heavy (non-hydrogen) atoms. The number of rotatable bonds is 10. The predicted molar refractivity (Wildman–Crippen MR) is 190 cm³/mol. The lowest BCUT2D eigenvalue weighted by molar-refractivity contribution is -0.122. The first-order valence-electron chi connectivity index (χ1n) is 15.0. The number of thiophene rings is 1. The summed E-state index contributed by atoms with van der Waals surface area (Å²) >= 11 is 7.84. The van der Waals surface area contributed by atoms with Crippen LogP contribution < -0.4 is 16.0 Å². The minimum atomic E-state index is -1.10. The minimum absolute atomic E-state index is 0. The first-order valence-corrected chi connectivity index (χ1v) is 16.2. The molecule has 4 N–H and O–H groups in total. The molecule has 14 heteroatoms. The number of hydrogen-bond acceptors (Lipinski definition) is 8. The second-order valence-electron chi connectivity index (χ2n) is 11.0. The lowest BCUT2D eigenvalue weighted by atomic mass is 9.99. The van der Waals surface area contributed by atoms with E-state index in [9.17, 15) is 19.5 Å². The Morgan fingerprint density at radius 1 is 1.06 bits per heavy atom. The van der Waals surface area contributed by atoms with E-state index in [1.54, 1.807) is 24.5 Å². The normalized spacial score (nSPS) is 13.1. The number of aromatic nitrogens is 3. The molecule has 1 aliphatic rings. The van der Waals surface area contributed by atoms with Crippen molar-refractivity contribution in [1.82, 2.24) is 25.4 Å². The van der Waals surface area contributed by atoms with Gasteiger partial charge in [-0.2, -0.15) is 0 Å². The average molecular weight is 709 g/mol. The van der Waals surface area contributed by atoms with Crippen molar-refractivity contribution in [2.75, 3.05) is 25.5 Å². The van der Waals surface area contributed by atoms with E-state index in [0.717, 1.165) is 32.3 Å². The maximum atomic E-state index is 13.2. The molecular formula is C34H35Cl2N7O4S. The topological polar surface area (TPSA) is 151 Å². The molecule has 4 aromatic rings. The van der Waals surface area contributed by atoms with Crippen molar-refractivity contribution in [2.24, 2.45) is 4.99 Å². The number of carbonyl (C=O) groups is 3.